The number of aromatic nitrogens is 2. The van der Waals surface area contributed by atoms with E-state index in [2.05, 4.69) is 44.8 Å². The van der Waals surface area contributed by atoms with Crippen LogP contribution in [0.2, 0.25) is 0 Å². The van der Waals surface area contributed by atoms with Gasteiger partial charge in [-0.1, -0.05) is 26.0 Å². The van der Waals surface area contributed by atoms with Crippen molar-refractivity contribution in [3.63, 3.8) is 0 Å². The molecule has 0 atom stereocenters. The van der Waals surface area contributed by atoms with Gasteiger partial charge in [0.2, 0.25) is 5.88 Å². The van der Waals surface area contributed by atoms with Crippen molar-refractivity contribution in [2.75, 3.05) is 6.54 Å². The number of aliphatic imine (C=N–C) groups is 1. The van der Waals surface area contributed by atoms with Crippen LogP contribution in [0.1, 0.15) is 43.0 Å². The molecule has 2 aromatic heterocycles. The Morgan fingerprint density at radius 1 is 1.23 bits per heavy atom. The number of halogens is 1. The Morgan fingerprint density at radius 2 is 2.10 bits per heavy atom. The molecule has 0 aliphatic rings. The Labute approximate surface area is 180 Å². The number of guanidine groups is 1. The second-order valence-electron chi connectivity index (χ2n) is 6.90. The van der Waals surface area contributed by atoms with Crippen LogP contribution in [0.5, 0.6) is 11.6 Å². The fourth-order valence-electron chi connectivity index (χ4n) is 2.62. The van der Waals surface area contributed by atoms with E-state index in [9.17, 15) is 4.39 Å². The molecule has 6 nitrogen and oxygen atoms in total. The van der Waals surface area contributed by atoms with E-state index in [1.165, 1.54) is 12.1 Å². The first-order valence-corrected chi connectivity index (χ1v) is 10.8. The molecular formula is C22H26FN5OS. The molecule has 0 aliphatic carbocycles. The summed E-state index contributed by atoms with van der Waals surface area (Å²) in [4.78, 5) is 13.6. The van der Waals surface area contributed by atoms with E-state index < -0.39 is 0 Å². The summed E-state index contributed by atoms with van der Waals surface area (Å²) in [6, 6.07) is 9.71. The lowest BCUT2D eigenvalue weighted by molar-refractivity contribution is 0.452. The number of nitrogens with zero attached hydrogens (tertiary/aromatic N) is 3. The molecule has 3 rings (SSSR count). The van der Waals surface area contributed by atoms with Crippen LogP contribution in [0.3, 0.4) is 0 Å². The van der Waals surface area contributed by atoms with Gasteiger partial charge in [0, 0.05) is 29.8 Å². The first kappa shape index (κ1) is 21.7. The maximum Gasteiger partial charge on any atom is 0.224 e. The highest BCUT2D eigenvalue weighted by molar-refractivity contribution is 7.09. The predicted octanol–water partition coefficient (Wildman–Crippen LogP) is 4.85. The Morgan fingerprint density at radius 3 is 2.83 bits per heavy atom. The number of pyridine rings is 1. The van der Waals surface area contributed by atoms with Crippen LogP contribution in [-0.2, 0) is 13.1 Å². The van der Waals surface area contributed by atoms with E-state index in [-0.39, 0.29) is 5.82 Å². The van der Waals surface area contributed by atoms with Gasteiger partial charge in [-0.2, -0.15) is 0 Å². The fraction of sp³-hybridized carbons (Fsp3) is 0.318. The molecule has 30 heavy (non-hydrogen) atoms. The van der Waals surface area contributed by atoms with Crippen LogP contribution in [0.4, 0.5) is 4.39 Å². The molecule has 0 aliphatic heterocycles. The van der Waals surface area contributed by atoms with Crippen LogP contribution >= 0.6 is 11.3 Å². The first-order chi connectivity index (χ1) is 14.5. The zero-order valence-electron chi connectivity index (χ0n) is 17.4. The third-order valence-corrected chi connectivity index (χ3v) is 5.05. The molecule has 158 valence electrons. The molecule has 0 spiro atoms. The van der Waals surface area contributed by atoms with Gasteiger partial charge in [-0.3, -0.25) is 0 Å². The lowest BCUT2D eigenvalue weighted by Gasteiger charge is -2.12. The van der Waals surface area contributed by atoms with E-state index >= 15 is 0 Å². The standard InChI is InChI=1S/C22H26FN5OS/c1-4-24-22(27-13-20-28-19(14-30-20)15(2)3)26-12-16-7-6-10-25-21(16)29-18-9-5-8-17(23)11-18/h5-11,14-15H,4,12-13H2,1-3H3,(H2,24,26,27). The average Bonchev–Trinajstić information content (AvgIpc) is 3.20. The van der Waals surface area contributed by atoms with Gasteiger partial charge in [0.15, 0.2) is 5.96 Å². The lowest BCUT2D eigenvalue weighted by atomic mass is 10.2. The number of benzene rings is 1. The molecule has 0 fully saturated rings. The Bertz CT molecular complexity index is 989. The molecule has 3 aromatic rings. The van der Waals surface area contributed by atoms with Crippen molar-refractivity contribution in [3.8, 4) is 11.6 Å². The third kappa shape index (κ3) is 6.25. The number of hydrogen-bond acceptors (Lipinski definition) is 5. The van der Waals surface area contributed by atoms with Gasteiger partial charge in [0.1, 0.15) is 16.6 Å². The highest BCUT2D eigenvalue weighted by Gasteiger charge is 2.09. The monoisotopic (exact) mass is 427 g/mol. The summed E-state index contributed by atoms with van der Waals surface area (Å²) in [7, 11) is 0. The van der Waals surface area contributed by atoms with Crippen LogP contribution in [0.25, 0.3) is 0 Å². The highest BCUT2D eigenvalue weighted by atomic mass is 32.1. The van der Waals surface area contributed by atoms with E-state index in [0.717, 1.165) is 22.8 Å². The van der Waals surface area contributed by atoms with Gasteiger partial charge >= 0.3 is 0 Å². The van der Waals surface area contributed by atoms with E-state index in [1.807, 2.05) is 19.1 Å². The Balaban J connectivity index is 1.68. The van der Waals surface area contributed by atoms with Gasteiger partial charge in [-0.15, -0.1) is 11.3 Å². The summed E-state index contributed by atoms with van der Waals surface area (Å²) >= 11 is 1.64. The van der Waals surface area contributed by atoms with E-state index in [0.29, 0.717) is 36.6 Å². The summed E-state index contributed by atoms with van der Waals surface area (Å²) in [5.74, 6) is 1.54. The van der Waals surface area contributed by atoms with Crippen LogP contribution < -0.4 is 15.4 Å². The molecule has 0 bridgehead atoms. The van der Waals surface area contributed by atoms with Crippen molar-refractivity contribution in [1.82, 2.24) is 20.6 Å². The number of ether oxygens (including phenoxy) is 1. The number of nitrogens with one attached hydrogen (secondary N) is 2. The molecule has 0 saturated carbocycles. The number of thiazole rings is 1. The van der Waals surface area contributed by atoms with Gasteiger partial charge in [0.25, 0.3) is 0 Å². The van der Waals surface area contributed by atoms with Crippen LogP contribution in [0, 0.1) is 5.82 Å². The minimum Gasteiger partial charge on any atom is -0.439 e. The maximum atomic E-state index is 13.4. The van der Waals surface area contributed by atoms with E-state index in [4.69, 9.17) is 4.74 Å². The zero-order valence-corrected chi connectivity index (χ0v) is 18.2. The number of rotatable bonds is 8. The molecule has 0 unspecified atom stereocenters. The molecule has 2 N–H and O–H groups in total. The van der Waals surface area contributed by atoms with Gasteiger partial charge in [-0.25, -0.2) is 19.4 Å². The molecule has 8 heteroatoms. The van der Waals surface area contributed by atoms with Crippen molar-refractivity contribution >= 4 is 17.3 Å². The number of hydrogen-bond donors (Lipinski definition) is 2. The quantitative estimate of drug-likeness (QED) is 0.397. The molecule has 0 amide bonds. The van der Waals surface area contributed by atoms with Gasteiger partial charge < -0.3 is 15.4 Å². The summed E-state index contributed by atoms with van der Waals surface area (Å²) in [6.45, 7) is 7.98. The summed E-state index contributed by atoms with van der Waals surface area (Å²) < 4.78 is 19.2. The molecule has 1 aromatic carbocycles. The fourth-order valence-corrected chi connectivity index (χ4v) is 3.51. The smallest absolute Gasteiger partial charge is 0.224 e. The maximum absolute atomic E-state index is 13.4. The summed E-state index contributed by atoms with van der Waals surface area (Å²) in [5.41, 5.74) is 1.91. The largest absolute Gasteiger partial charge is 0.439 e. The Hall–Kier alpha value is -3.00. The minimum absolute atomic E-state index is 0.357. The molecule has 0 radical (unpaired) electrons. The average molecular weight is 428 g/mol. The van der Waals surface area contributed by atoms with Crippen LogP contribution in [0.15, 0.2) is 53.0 Å². The second kappa shape index (κ2) is 10.7. The van der Waals surface area contributed by atoms with Crippen LogP contribution in [-0.4, -0.2) is 22.5 Å². The third-order valence-electron chi connectivity index (χ3n) is 4.18. The van der Waals surface area contributed by atoms with Crippen molar-refractivity contribution in [3.05, 3.63) is 70.1 Å². The minimum atomic E-state index is -0.357. The first-order valence-electron chi connectivity index (χ1n) is 9.89. The Kier molecular flexibility index (Phi) is 7.73. The zero-order chi connectivity index (χ0) is 21.3. The SMILES string of the molecule is CCNC(=NCc1cccnc1Oc1cccc(F)c1)NCc1nc(C(C)C)cs1. The topological polar surface area (TPSA) is 71.4 Å². The van der Waals surface area contributed by atoms with Crippen molar-refractivity contribution in [2.24, 2.45) is 4.99 Å². The molecule has 0 saturated heterocycles. The van der Waals surface area contributed by atoms with Crippen molar-refractivity contribution < 1.29 is 9.13 Å². The lowest BCUT2D eigenvalue weighted by Crippen LogP contribution is -2.36. The van der Waals surface area contributed by atoms with Gasteiger partial charge in [-0.05, 0) is 31.0 Å². The highest BCUT2D eigenvalue weighted by Crippen LogP contribution is 2.24. The molecular weight excluding hydrogens is 401 g/mol. The summed E-state index contributed by atoms with van der Waals surface area (Å²) in [5, 5.41) is 9.66. The second-order valence-corrected chi connectivity index (χ2v) is 7.84. The molecule has 2 heterocycles. The van der Waals surface area contributed by atoms with Gasteiger partial charge in [0.05, 0.1) is 18.8 Å². The van der Waals surface area contributed by atoms with E-state index in [1.54, 1.807) is 29.7 Å². The van der Waals surface area contributed by atoms with Crippen molar-refractivity contribution in [1.29, 1.82) is 0 Å². The normalized spacial score (nSPS) is 11.6. The predicted molar refractivity (Wildman–Crippen MR) is 119 cm³/mol. The summed E-state index contributed by atoms with van der Waals surface area (Å²) in [6.07, 6.45) is 1.64. The van der Waals surface area contributed by atoms with Crippen molar-refractivity contribution in [2.45, 2.75) is 39.8 Å².